The van der Waals surface area contributed by atoms with E-state index in [-0.39, 0.29) is 5.91 Å². The zero-order valence-electron chi connectivity index (χ0n) is 11.2. The fourth-order valence-corrected chi connectivity index (χ4v) is 1.76. The molecule has 1 heterocycles. The van der Waals surface area contributed by atoms with Crippen molar-refractivity contribution in [2.75, 3.05) is 11.9 Å². The Morgan fingerprint density at radius 1 is 1.29 bits per heavy atom. The molecule has 6 heteroatoms. The van der Waals surface area contributed by atoms with E-state index in [4.69, 9.17) is 4.74 Å². The molecule has 0 radical (unpaired) electrons. The summed E-state index contributed by atoms with van der Waals surface area (Å²) in [4.78, 5) is 15.7. The zero-order chi connectivity index (χ0) is 14.9. The highest BCUT2D eigenvalue weighted by atomic mass is 79.9. The summed E-state index contributed by atoms with van der Waals surface area (Å²) in [6.45, 7) is 0.564. The summed E-state index contributed by atoms with van der Waals surface area (Å²) in [5.74, 6) is 0.436. The zero-order valence-corrected chi connectivity index (χ0v) is 12.8. The van der Waals surface area contributed by atoms with Crippen molar-refractivity contribution in [3.05, 3.63) is 59.9 Å². The number of para-hydroxylation sites is 1. The van der Waals surface area contributed by atoms with Gasteiger partial charge in [-0.15, -0.1) is 0 Å². The number of alkyl halides is 1. The van der Waals surface area contributed by atoms with Crippen LogP contribution in [0.2, 0.25) is 0 Å². The second-order valence-electron chi connectivity index (χ2n) is 4.01. The van der Waals surface area contributed by atoms with Crippen LogP contribution in [0.4, 0.5) is 0 Å². The summed E-state index contributed by atoms with van der Waals surface area (Å²) in [6.07, 6.45) is 4.67. The van der Waals surface area contributed by atoms with Gasteiger partial charge < -0.3 is 4.74 Å². The van der Waals surface area contributed by atoms with Gasteiger partial charge in [-0.3, -0.25) is 9.78 Å². The summed E-state index contributed by atoms with van der Waals surface area (Å²) < 4.78 is 5.57. The Morgan fingerprint density at radius 2 is 2.05 bits per heavy atom. The van der Waals surface area contributed by atoms with Crippen molar-refractivity contribution in [3.63, 3.8) is 0 Å². The number of benzene rings is 1. The molecule has 1 aromatic heterocycles. The molecular formula is C15H14BrN3O2. The van der Waals surface area contributed by atoms with Crippen molar-refractivity contribution >= 4 is 28.1 Å². The predicted molar refractivity (Wildman–Crippen MR) is 85.0 cm³/mol. The van der Waals surface area contributed by atoms with Gasteiger partial charge >= 0.3 is 0 Å². The van der Waals surface area contributed by atoms with Gasteiger partial charge in [0, 0.05) is 28.9 Å². The lowest BCUT2D eigenvalue weighted by atomic mass is 10.2. The third-order valence-electron chi connectivity index (χ3n) is 2.57. The van der Waals surface area contributed by atoms with Crippen LogP contribution in [0.25, 0.3) is 0 Å². The minimum atomic E-state index is -0.285. The summed E-state index contributed by atoms with van der Waals surface area (Å²) in [6, 6.07) is 10.7. The maximum absolute atomic E-state index is 11.8. The van der Waals surface area contributed by atoms with Crippen LogP contribution < -0.4 is 10.2 Å². The molecule has 21 heavy (non-hydrogen) atoms. The Labute approximate surface area is 131 Å². The van der Waals surface area contributed by atoms with Crippen LogP contribution in [0.5, 0.6) is 5.75 Å². The van der Waals surface area contributed by atoms with Crippen LogP contribution in [0.15, 0.2) is 53.9 Å². The topological polar surface area (TPSA) is 63.6 Å². The maximum Gasteiger partial charge on any atom is 0.271 e. The number of hydrazone groups is 1. The Hall–Kier alpha value is -2.21. The number of carbonyl (C=O) groups is 1. The van der Waals surface area contributed by atoms with E-state index in [1.165, 1.54) is 0 Å². The fraction of sp³-hybridized carbons (Fsp3) is 0.133. The number of hydrogen-bond donors (Lipinski definition) is 1. The van der Waals surface area contributed by atoms with Crippen molar-refractivity contribution in [2.45, 2.75) is 0 Å². The van der Waals surface area contributed by atoms with Crippen molar-refractivity contribution in [3.8, 4) is 5.75 Å². The van der Waals surface area contributed by atoms with E-state index in [1.807, 2.05) is 24.3 Å². The number of ether oxygens (including phenoxy) is 1. The molecule has 0 aliphatic carbocycles. The molecule has 0 spiro atoms. The lowest BCUT2D eigenvalue weighted by molar-refractivity contribution is 0.0955. The number of amides is 1. The highest BCUT2D eigenvalue weighted by Gasteiger charge is 2.03. The number of aromatic nitrogens is 1. The Morgan fingerprint density at radius 3 is 2.81 bits per heavy atom. The molecule has 0 unspecified atom stereocenters. The molecule has 0 atom stereocenters. The van der Waals surface area contributed by atoms with E-state index >= 15 is 0 Å². The number of nitrogens with one attached hydrogen (secondary N) is 1. The van der Waals surface area contributed by atoms with Gasteiger partial charge in [-0.05, 0) is 24.3 Å². The normalized spacial score (nSPS) is 10.5. The molecule has 0 bridgehead atoms. The molecule has 2 aromatic rings. The molecule has 108 valence electrons. The Balaban J connectivity index is 2.00. The van der Waals surface area contributed by atoms with Crippen LogP contribution in [0.3, 0.4) is 0 Å². The second kappa shape index (κ2) is 8.16. The first-order valence-electron chi connectivity index (χ1n) is 6.32. The number of halogens is 1. The highest BCUT2D eigenvalue weighted by molar-refractivity contribution is 9.09. The van der Waals surface area contributed by atoms with Crippen molar-refractivity contribution in [1.82, 2.24) is 10.4 Å². The molecule has 0 saturated carbocycles. The number of carbonyl (C=O) groups excluding carboxylic acids is 1. The lowest BCUT2D eigenvalue weighted by Crippen LogP contribution is -2.17. The van der Waals surface area contributed by atoms with E-state index < -0.39 is 0 Å². The molecule has 5 nitrogen and oxygen atoms in total. The van der Waals surface area contributed by atoms with Crippen LogP contribution >= 0.6 is 15.9 Å². The van der Waals surface area contributed by atoms with Crippen LogP contribution in [0.1, 0.15) is 15.9 Å². The van der Waals surface area contributed by atoms with E-state index in [9.17, 15) is 4.79 Å². The molecule has 2 rings (SSSR count). The number of rotatable bonds is 6. The lowest BCUT2D eigenvalue weighted by Gasteiger charge is -2.06. The monoisotopic (exact) mass is 347 g/mol. The van der Waals surface area contributed by atoms with Gasteiger partial charge in [0.1, 0.15) is 5.75 Å². The Bertz CT molecular complexity index is 617. The third kappa shape index (κ3) is 4.68. The minimum absolute atomic E-state index is 0.285. The molecule has 1 aromatic carbocycles. The van der Waals surface area contributed by atoms with E-state index in [0.717, 1.165) is 16.6 Å². The second-order valence-corrected chi connectivity index (χ2v) is 4.80. The van der Waals surface area contributed by atoms with Gasteiger partial charge in [0.05, 0.1) is 12.8 Å². The first kappa shape index (κ1) is 15.2. The standard InChI is InChI=1S/C15H14BrN3O2/c16-7-10-21-14-4-2-1-3-13(14)11-18-19-15(20)12-5-8-17-9-6-12/h1-6,8-9,11H,7,10H2,(H,19,20)/b18-11+. The van der Waals surface area contributed by atoms with Crippen molar-refractivity contribution in [1.29, 1.82) is 0 Å². The van der Waals surface area contributed by atoms with Gasteiger partial charge in [-0.1, -0.05) is 28.1 Å². The summed E-state index contributed by atoms with van der Waals surface area (Å²) in [5, 5.41) is 4.70. The van der Waals surface area contributed by atoms with Gasteiger partial charge in [-0.2, -0.15) is 5.10 Å². The SMILES string of the molecule is O=C(N/N=C/c1ccccc1OCCBr)c1ccncc1. The summed E-state index contributed by atoms with van der Waals surface area (Å²) >= 11 is 3.31. The van der Waals surface area contributed by atoms with Crippen LogP contribution in [-0.4, -0.2) is 29.0 Å². The Kier molecular flexibility index (Phi) is 5.90. The van der Waals surface area contributed by atoms with Gasteiger partial charge in [-0.25, -0.2) is 5.43 Å². The molecule has 0 saturated heterocycles. The molecule has 0 fully saturated rings. The van der Waals surface area contributed by atoms with Crippen LogP contribution in [-0.2, 0) is 0 Å². The van der Waals surface area contributed by atoms with Gasteiger partial charge in [0.15, 0.2) is 0 Å². The molecule has 1 amide bonds. The predicted octanol–water partition coefficient (Wildman–Crippen LogP) is 2.62. The quantitative estimate of drug-likeness (QED) is 0.496. The molecular weight excluding hydrogens is 334 g/mol. The molecule has 0 aliphatic heterocycles. The van der Waals surface area contributed by atoms with Crippen molar-refractivity contribution in [2.24, 2.45) is 5.10 Å². The van der Waals surface area contributed by atoms with E-state index in [2.05, 4.69) is 31.4 Å². The first-order chi connectivity index (χ1) is 10.3. The third-order valence-corrected chi connectivity index (χ3v) is 2.89. The highest BCUT2D eigenvalue weighted by Crippen LogP contribution is 2.15. The first-order valence-corrected chi connectivity index (χ1v) is 7.44. The fourth-order valence-electron chi connectivity index (χ4n) is 1.60. The van der Waals surface area contributed by atoms with Gasteiger partial charge in [0.2, 0.25) is 0 Å². The summed E-state index contributed by atoms with van der Waals surface area (Å²) in [5.41, 5.74) is 3.77. The van der Waals surface area contributed by atoms with E-state index in [0.29, 0.717) is 12.2 Å². The molecule has 0 aliphatic rings. The minimum Gasteiger partial charge on any atom is -0.492 e. The van der Waals surface area contributed by atoms with Crippen LogP contribution in [0, 0.1) is 0 Å². The van der Waals surface area contributed by atoms with E-state index in [1.54, 1.807) is 30.7 Å². The molecule has 1 N–H and O–H groups in total. The smallest absolute Gasteiger partial charge is 0.271 e. The van der Waals surface area contributed by atoms with Crippen molar-refractivity contribution < 1.29 is 9.53 Å². The largest absolute Gasteiger partial charge is 0.492 e. The summed E-state index contributed by atoms with van der Waals surface area (Å²) in [7, 11) is 0. The average molecular weight is 348 g/mol. The number of hydrogen-bond acceptors (Lipinski definition) is 4. The number of pyridine rings is 1. The maximum atomic E-state index is 11.8. The number of nitrogens with zero attached hydrogens (tertiary/aromatic N) is 2. The van der Waals surface area contributed by atoms with Gasteiger partial charge in [0.25, 0.3) is 5.91 Å². The average Bonchev–Trinajstić information content (AvgIpc) is 2.54.